The van der Waals surface area contributed by atoms with Crippen LogP contribution in [0.25, 0.3) is 0 Å². The lowest BCUT2D eigenvalue weighted by atomic mass is 9.98. The van der Waals surface area contributed by atoms with Gasteiger partial charge in [-0.3, -0.25) is 0 Å². The zero-order valence-corrected chi connectivity index (χ0v) is 16.1. The molecular weight excluding hydrogens is 415 g/mol. The van der Waals surface area contributed by atoms with E-state index in [1.54, 1.807) is 7.11 Å². The van der Waals surface area contributed by atoms with Gasteiger partial charge in [-0.25, -0.2) is 0 Å². The summed E-state index contributed by atoms with van der Waals surface area (Å²) in [4.78, 5) is 0.0312. The molecule has 112 valence electrons. The van der Waals surface area contributed by atoms with Gasteiger partial charge in [0.1, 0.15) is 5.75 Å². The third-order valence-corrected chi connectivity index (χ3v) is 5.24. The van der Waals surface area contributed by atoms with E-state index < -0.39 is 0 Å². The molecule has 4 heteroatoms. The highest BCUT2D eigenvalue weighted by molar-refractivity contribution is 9.10. The molecule has 0 amide bonds. The monoisotopic (exact) mass is 430 g/mol. The average Bonchev–Trinajstić information content (AvgIpc) is 2.46. The number of benzene rings is 2. The molecule has 0 aromatic heterocycles. The topological polar surface area (TPSA) is 9.23 Å². The van der Waals surface area contributed by atoms with Gasteiger partial charge in [-0.1, -0.05) is 65.6 Å². The molecule has 2 rings (SSSR count). The van der Waals surface area contributed by atoms with Crippen LogP contribution in [-0.2, 0) is 0 Å². The summed E-state index contributed by atoms with van der Waals surface area (Å²) < 4.78 is 6.36. The second-order valence-electron chi connectivity index (χ2n) is 5.19. The first kappa shape index (κ1) is 16.9. The Morgan fingerprint density at radius 1 is 1.05 bits per heavy atom. The van der Waals surface area contributed by atoms with Crippen molar-refractivity contribution in [3.8, 4) is 5.75 Å². The van der Waals surface area contributed by atoms with E-state index in [2.05, 4.69) is 70.0 Å². The summed E-state index contributed by atoms with van der Waals surface area (Å²) in [6, 6.07) is 12.4. The molecule has 2 aromatic carbocycles. The fourth-order valence-electron chi connectivity index (χ4n) is 2.21. The van der Waals surface area contributed by atoms with Crippen molar-refractivity contribution in [2.45, 2.75) is 24.6 Å². The van der Waals surface area contributed by atoms with Gasteiger partial charge in [0.15, 0.2) is 0 Å². The molecule has 0 aliphatic heterocycles. The van der Waals surface area contributed by atoms with Crippen LogP contribution < -0.4 is 4.74 Å². The average molecular weight is 433 g/mol. The van der Waals surface area contributed by atoms with Gasteiger partial charge in [0.05, 0.1) is 16.4 Å². The van der Waals surface area contributed by atoms with Gasteiger partial charge in [-0.15, -0.1) is 0 Å². The normalized spacial score (nSPS) is 12.5. The highest BCUT2D eigenvalue weighted by Crippen LogP contribution is 2.42. The second-order valence-corrected chi connectivity index (χ2v) is 7.40. The molecule has 0 saturated carbocycles. The van der Waals surface area contributed by atoms with Gasteiger partial charge in [0.2, 0.25) is 0 Å². The molecule has 0 heterocycles. The second kappa shape index (κ2) is 7.17. The van der Waals surface area contributed by atoms with Crippen molar-refractivity contribution in [3.05, 3.63) is 62.6 Å². The Morgan fingerprint density at radius 2 is 1.62 bits per heavy atom. The Labute approximate surface area is 147 Å². The summed E-state index contributed by atoms with van der Waals surface area (Å²) in [6.45, 7) is 4.38. The molecule has 0 radical (unpaired) electrons. The van der Waals surface area contributed by atoms with Crippen LogP contribution in [0.2, 0.25) is 5.02 Å². The molecule has 2 aromatic rings. The predicted octanol–water partition coefficient (Wildman–Crippen LogP) is 6.72. The van der Waals surface area contributed by atoms with E-state index in [9.17, 15) is 0 Å². The fourth-order valence-corrected chi connectivity index (χ4v) is 3.85. The lowest BCUT2D eigenvalue weighted by Crippen LogP contribution is -1.99. The van der Waals surface area contributed by atoms with Crippen molar-refractivity contribution in [1.29, 1.82) is 0 Å². The van der Waals surface area contributed by atoms with E-state index in [1.165, 1.54) is 11.1 Å². The van der Waals surface area contributed by atoms with E-state index in [1.807, 2.05) is 12.1 Å². The zero-order valence-electron chi connectivity index (χ0n) is 12.2. The van der Waals surface area contributed by atoms with Crippen LogP contribution in [0.15, 0.2) is 40.9 Å². The molecule has 21 heavy (non-hydrogen) atoms. The van der Waals surface area contributed by atoms with Crippen LogP contribution >= 0.6 is 43.5 Å². The fraction of sp³-hybridized carbons (Fsp3) is 0.294. The minimum absolute atomic E-state index is 0.0312. The molecule has 0 N–H and O–H groups in total. The standard InChI is InChI=1S/C17H17Br2ClO/c1-10(2)11-4-6-12(7-5-11)16(19)14-8-13(20)9-15(18)17(14)21-3/h4-10,16H,1-3H3. The summed E-state index contributed by atoms with van der Waals surface area (Å²) >= 11 is 13.4. The van der Waals surface area contributed by atoms with E-state index in [0.717, 1.165) is 15.8 Å². The maximum Gasteiger partial charge on any atom is 0.137 e. The van der Waals surface area contributed by atoms with Crippen molar-refractivity contribution < 1.29 is 4.74 Å². The van der Waals surface area contributed by atoms with Crippen molar-refractivity contribution in [3.63, 3.8) is 0 Å². The van der Waals surface area contributed by atoms with Gasteiger partial charge in [-0.2, -0.15) is 0 Å². The third-order valence-electron chi connectivity index (χ3n) is 3.41. The number of alkyl halides is 1. The van der Waals surface area contributed by atoms with Gasteiger partial charge in [0, 0.05) is 10.6 Å². The summed E-state index contributed by atoms with van der Waals surface area (Å²) in [5, 5.41) is 0.681. The van der Waals surface area contributed by atoms with Gasteiger partial charge in [0.25, 0.3) is 0 Å². The minimum Gasteiger partial charge on any atom is -0.495 e. The number of ether oxygens (including phenoxy) is 1. The largest absolute Gasteiger partial charge is 0.495 e. The van der Waals surface area contributed by atoms with Gasteiger partial charge < -0.3 is 4.74 Å². The zero-order chi connectivity index (χ0) is 15.6. The Kier molecular flexibility index (Phi) is 5.75. The molecule has 1 unspecified atom stereocenters. The Hall–Kier alpha value is -0.510. The van der Waals surface area contributed by atoms with Crippen LogP contribution in [0, 0.1) is 0 Å². The summed E-state index contributed by atoms with van der Waals surface area (Å²) in [6.07, 6.45) is 0. The molecule has 0 spiro atoms. The first-order valence-corrected chi connectivity index (χ1v) is 8.79. The summed E-state index contributed by atoms with van der Waals surface area (Å²) in [5.41, 5.74) is 3.51. The van der Waals surface area contributed by atoms with Gasteiger partial charge in [-0.05, 0) is 45.1 Å². The number of hydrogen-bond donors (Lipinski definition) is 0. The Morgan fingerprint density at radius 3 is 2.14 bits per heavy atom. The lowest BCUT2D eigenvalue weighted by molar-refractivity contribution is 0.408. The molecular formula is C17H17Br2ClO. The van der Waals surface area contributed by atoms with E-state index >= 15 is 0 Å². The SMILES string of the molecule is COc1c(Br)cc(Cl)cc1C(Br)c1ccc(C(C)C)cc1. The highest BCUT2D eigenvalue weighted by atomic mass is 79.9. The first-order valence-electron chi connectivity index (χ1n) is 6.71. The smallest absolute Gasteiger partial charge is 0.137 e. The number of methoxy groups -OCH3 is 1. The predicted molar refractivity (Wildman–Crippen MR) is 97.0 cm³/mol. The summed E-state index contributed by atoms with van der Waals surface area (Å²) in [7, 11) is 1.67. The van der Waals surface area contributed by atoms with Crippen molar-refractivity contribution >= 4 is 43.5 Å². The first-order chi connectivity index (χ1) is 9.93. The summed E-state index contributed by atoms with van der Waals surface area (Å²) in [5.74, 6) is 1.33. The lowest BCUT2D eigenvalue weighted by Gasteiger charge is -2.17. The number of hydrogen-bond acceptors (Lipinski definition) is 1. The van der Waals surface area contributed by atoms with Crippen LogP contribution in [0.3, 0.4) is 0 Å². The highest BCUT2D eigenvalue weighted by Gasteiger charge is 2.18. The molecule has 0 aliphatic carbocycles. The van der Waals surface area contributed by atoms with Crippen molar-refractivity contribution in [2.24, 2.45) is 0 Å². The van der Waals surface area contributed by atoms with Crippen LogP contribution in [-0.4, -0.2) is 7.11 Å². The van der Waals surface area contributed by atoms with Crippen LogP contribution in [0.4, 0.5) is 0 Å². The van der Waals surface area contributed by atoms with E-state index in [-0.39, 0.29) is 4.83 Å². The van der Waals surface area contributed by atoms with Crippen molar-refractivity contribution in [1.82, 2.24) is 0 Å². The maximum atomic E-state index is 6.17. The van der Waals surface area contributed by atoms with Gasteiger partial charge >= 0.3 is 0 Å². The van der Waals surface area contributed by atoms with Crippen molar-refractivity contribution in [2.75, 3.05) is 7.11 Å². The van der Waals surface area contributed by atoms with Crippen LogP contribution in [0.1, 0.15) is 41.3 Å². The molecule has 0 bridgehead atoms. The number of rotatable bonds is 4. The Bertz CT molecular complexity index is 623. The van der Waals surface area contributed by atoms with Crippen LogP contribution in [0.5, 0.6) is 5.75 Å². The quantitative estimate of drug-likeness (QED) is 0.487. The molecule has 0 saturated heterocycles. The van der Waals surface area contributed by atoms with E-state index in [0.29, 0.717) is 10.9 Å². The molecule has 0 aliphatic rings. The minimum atomic E-state index is 0.0312. The maximum absolute atomic E-state index is 6.17. The molecule has 1 nitrogen and oxygen atoms in total. The van der Waals surface area contributed by atoms with E-state index in [4.69, 9.17) is 16.3 Å². The molecule has 0 fully saturated rings. The number of halogens is 3. The Balaban J connectivity index is 2.41. The molecule has 1 atom stereocenters. The third kappa shape index (κ3) is 3.82.